The molecule has 1 saturated heterocycles. The molecule has 0 saturated carbocycles. The summed E-state index contributed by atoms with van der Waals surface area (Å²) in [5.74, 6) is -1.07. The number of carbonyl (C=O) groups excluding carboxylic acids is 1. The Morgan fingerprint density at radius 2 is 2.19 bits per heavy atom. The third-order valence-electron chi connectivity index (χ3n) is 4.02. The first-order valence-corrected chi connectivity index (χ1v) is 7.52. The molecule has 5 heteroatoms. The van der Waals surface area contributed by atoms with Crippen molar-refractivity contribution in [3.05, 3.63) is 35.4 Å². The summed E-state index contributed by atoms with van der Waals surface area (Å²) in [6.07, 6.45) is 2.53. The van der Waals surface area contributed by atoms with Crippen LogP contribution in [0.4, 0.5) is 8.78 Å². The van der Waals surface area contributed by atoms with Crippen LogP contribution in [0.15, 0.2) is 18.2 Å². The van der Waals surface area contributed by atoms with Gasteiger partial charge in [-0.1, -0.05) is 6.07 Å². The predicted octanol–water partition coefficient (Wildman–Crippen LogP) is 2.70. The van der Waals surface area contributed by atoms with Crippen molar-refractivity contribution in [3.63, 3.8) is 0 Å². The molecule has 0 aliphatic carbocycles. The Kier molecular flexibility index (Phi) is 5.67. The van der Waals surface area contributed by atoms with Crippen molar-refractivity contribution in [2.45, 2.75) is 32.7 Å². The lowest BCUT2D eigenvalue weighted by molar-refractivity contribution is -0.131. The highest BCUT2D eigenvalue weighted by Gasteiger charge is 2.18. The average molecular weight is 296 g/mol. The van der Waals surface area contributed by atoms with Gasteiger partial charge in [0.2, 0.25) is 5.91 Å². The lowest BCUT2D eigenvalue weighted by Crippen LogP contribution is -2.30. The monoisotopic (exact) mass is 296 g/mol. The van der Waals surface area contributed by atoms with Gasteiger partial charge in [0, 0.05) is 19.5 Å². The number of rotatable bonds is 6. The molecule has 1 amide bonds. The number of nitrogens with zero attached hydrogens (tertiary/aromatic N) is 1. The summed E-state index contributed by atoms with van der Waals surface area (Å²) in [5, 5.41) is 3.29. The molecule has 1 unspecified atom stereocenters. The van der Waals surface area contributed by atoms with Gasteiger partial charge in [0.25, 0.3) is 0 Å². The van der Waals surface area contributed by atoms with Crippen LogP contribution in [0.2, 0.25) is 0 Å². The summed E-state index contributed by atoms with van der Waals surface area (Å²) < 4.78 is 26.1. The van der Waals surface area contributed by atoms with Crippen LogP contribution in [0, 0.1) is 17.6 Å². The number of carbonyl (C=O) groups is 1. The lowest BCUT2D eigenvalue weighted by atomic mass is 10.0. The Morgan fingerprint density at radius 3 is 2.81 bits per heavy atom. The number of amides is 1. The van der Waals surface area contributed by atoms with E-state index < -0.39 is 11.6 Å². The average Bonchev–Trinajstić information content (AvgIpc) is 2.99. The van der Waals surface area contributed by atoms with Crippen LogP contribution < -0.4 is 5.32 Å². The highest BCUT2D eigenvalue weighted by molar-refractivity contribution is 5.76. The van der Waals surface area contributed by atoms with Crippen molar-refractivity contribution < 1.29 is 13.6 Å². The molecule has 3 nitrogen and oxygen atoms in total. The van der Waals surface area contributed by atoms with Crippen LogP contribution in [0.1, 0.15) is 31.7 Å². The first-order valence-electron chi connectivity index (χ1n) is 7.52. The Balaban J connectivity index is 1.88. The summed E-state index contributed by atoms with van der Waals surface area (Å²) in [4.78, 5) is 13.9. The van der Waals surface area contributed by atoms with E-state index in [2.05, 4.69) is 5.32 Å². The maximum Gasteiger partial charge on any atom is 0.222 e. The molecule has 1 aliphatic heterocycles. The van der Waals surface area contributed by atoms with Gasteiger partial charge < -0.3 is 10.2 Å². The molecule has 1 aliphatic rings. The first-order chi connectivity index (χ1) is 10.1. The Labute approximate surface area is 124 Å². The quantitative estimate of drug-likeness (QED) is 0.875. The van der Waals surface area contributed by atoms with E-state index in [4.69, 9.17) is 0 Å². The lowest BCUT2D eigenvalue weighted by Gasteiger charge is -2.22. The molecule has 1 aromatic carbocycles. The van der Waals surface area contributed by atoms with Crippen LogP contribution in [0.25, 0.3) is 0 Å². The molecule has 116 valence electrons. The van der Waals surface area contributed by atoms with E-state index in [1.807, 2.05) is 6.92 Å². The topological polar surface area (TPSA) is 32.3 Å². The van der Waals surface area contributed by atoms with Crippen LogP contribution in [-0.4, -0.2) is 30.4 Å². The normalized spacial score (nSPS) is 18.0. The minimum Gasteiger partial charge on any atom is -0.339 e. The van der Waals surface area contributed by atoms with Crippen molar-refractivity contribution in [1.82, 2.24) is 10.2 Å². The molecule has 0 radical (unpaired) electrons. The molecule has 1 aromatic rings. The smallest absolute Gasteiger partial charge is 0.222 e. The second-order valence-corrected chi connectivity index (χ2v) is 5.55. The highest BCUT2D eigenvalue weighted by atomic mass is 19.2. The fraction of sp³-hybridized carbons (Fsp3) is 0.562. The van der Waals surface area contributed by atoms with E-state index >= 15 is 0 Å². The van der Waals surface area contributed by atoms with Gasteiger partial charge in [-0.05, 0) is 56.5 Å². The second kappa shape index (κ2) is 7.50. The molecule has 0 spiro atoms. The predicted molar refractivity (Wildman–Crippen MR) is 77.7 cm³/mol. The number of benzene rings is 1. The maximum absolute atomic E-state index is 13.2. The molecule has 1 N–H and O–H groups in total. The van der Waals surface area contributed by atoms with Crippen LogP contribution in [0.5, 0.6) is 0 Å². The molecular formula is C16H22F2N2O. The highest BCUT2D eigenvalue weighted by Crippen LogP contribution is 2.16. The number of hydrogen-bond donors (Lipinski definition) is 1. The third kappa shape index (κ3) is 4.49. The van der Waals surface area contributed by atoms with Crippen molar-refractivity contribution >= 4 is 5.91 Å². The Morgan fingerprint density at radius 1 is 1.38 bits per heavy atom. The van der Waals surface area contributed by atoms with Gasteiger partial charge in [-0.3, -0.25) is 4.79 Å². The van der Waals surface area contributed by atoms with E-state index in [1.165, 1.54) is 6.07 Å². The maximum atomic E-state index is 13.2. The van der Waals surface area contributed by atoms with Gasteiger partial charge >= 0.3 is 0 Å². The zero-order valence-electron chi connectivity index (χ0n) is 12.4. The number of nitrogens with one attached hydrogen (secondary N) is 1. The minimum atomic E-state index is -0.868. The Hall–Kier alpha value is -1.49. The van der Waals surface area contributed by atoms with Crippen molar-refractivity contribution in [3.8, 4) is 0 Å². The summed E-state index contributed by atoms with van der Waals surface area (Å²) >= 11 is 0. The van der Waals surface area contributed by atoms with E-state index in [0.29, 0.717) is 31.0 Å². The van der Waals surface area contributed by atoms with E-state index in [1.54, 1.807) is 4.90 Å². The molecule has 0 bridgehead atoms. The summed E-state index contributed by atoms with van der Waals surface area (Å²) in [7, 11) is 0. The zero-order chi connectivity index (χ0) is 15.2. The van der Waals surface area contributed by atoms with Crippen molar-refractivity contribution in [1.29, 1.82) is 0 Å². The van der Waals surface area contributed by atoms with Gasteiger partial charge in [0.05, 0.1) is 0 Å². The first kappa shape index (κ1) is 15.9. The summed E-state index contributed by atoms with van der Waals surface area (Å²) in [6.45, 7) is 4.82. The zero-order valence-corrected chi connectivity index (χ0v) is 12.4. The molecule has 0 aromatic heterocycles. The van der Waals surface area contributed by atoms with Crippen LogP contribution in [-0.2, 0) is 11.3 Å². The van der Waals surface area contributed by atoms with E-state index in [-0.39, 0.29) is 5.91 Å². The Bertz CT molecular complexity index is 487. The standard InChI is InChI=1S/C16H22F2N2O/c1-2-20(11-13-3-5-14(17)15(18)9-13)16(21)6-4-12-7-8-19-10-12/h3,5,9,12,19H,2,4,6-8,10-11H2,1H3. The number of halogens is 2. The van der Waals surface area contributed by atoms with E-state index in [9.17, 15) is 13.6 Å². The van der Waals surface area contributed by atoms with E-state index in [0.717, 1.165) is 38.1 Å². The van der Waals surface area contributed by atoms with Gasteiger partial charge in [0.1, 0.15) is 0 Å². The van der Waals surface area contributed by atoms with Crippen LogP contribution in [0.3, 0.4) is 0 Å². The molecule has 2 rings (SSSR count). The molecule has 1 atom stereocenters. The van der Waals surface area contributed by atoms with Crippen molar-refractivity contribution in [2.75, 3.05) is 19.6 Å². The fourth-order valence-electron chi connectivity index (χ4n) is 2.68. The molecule has 1 heterocycles. The van der Waals surface area contributed by atoms with Crippen molar-refractivity contribution in [2.24, 2.45) is 5.92 Å². The van der Waals surface area contributed by atoms with Crippen LogP contribution >= 0.6 is 0 Å². The largest absolute Gasteiger partial charge is 0.339 e. The molecule has 21 heavy (non-hydrogen) atoms. The number of hydrogen-bond acceptors (Lipinski definition) is 2. The molecular weight excluding hydrogens is 274 g/mol. The molecule has 1 fully saturated rings. The third-order valence-corrected chi connectivity index (χ3v) is 4.02. The SMILES string of the molecule is CCN(Cc1ccc(F)c(F)c1)C(=O)CCC1CCNC1. The van der Waals surface area contributed by atoms with Gasteiger partial charge in [-0.15, -0.1) is 0 Å². The summed E-state index contributed by atoms with van der Waals surface area (Å²) in [6, 6.07) is 3.79. The fourth-order valence-corrected chi connectivity index (χ4v) is 2.68. The minimum absolute atomic E-state index is 0.0779. The van der Waals surface area contributed by atoms with Gasteiger partial charge in [-0.2, -0.15) is 0 Å². The van der Waals surface area contributed by atoms with Gasteiger partial charge in [0.15, 0.2) is 11.6 Å². The second-order valence-electron chi connectivity index (χ2n) is 5.55. The van der Waals surface area contributed by atoms with Gasteiger partial charge in [-0.25, -0.2) is 8.78 Å². The summed E-state index contributed by atoms with van der Waals surface area (Å²) in [5.41, 5.74) is 0.617.